The van der Waals surface area contributed by atoms with Crippen molar-refractivity contribution in [1.82, 2.24) is 10.2 Å². The SMILES string of the molecule is C#CCN1CC(CC)NCC1CC. The Morgan fingerprint density at radius 2 is 2.23 bits per heavy atom. The van der Waals surface area contributed by atoms with E-state index in [2.05, 4.69) is 30.0 Å². The van der Waals surface area contributed by atoms with Gasteiger partial charge in [-0.1, -0.05) is 19.8 Å². The highest BCUT2D eigenvalue weighted by atomic mass is 15.2. The highest BCUT2D eigenvalue weighted by molar-refractivity contribution is 4.94. The van der Waals surface area contributed by atoms with Crippen LogP contribution in [0.5, 0.6) is 0 Å². The topological polar surface area (TPSA) is 15.3 Å². The minimum Gasteiger partial charge on any atom is -0.311 e. The minimum atomic E-state index is 0.635. The molecular formula is C11H20N2. The standard InChI is InChI=1S/C11H20N2/c1-4-7-13-9-10(5-2)12-8-11(13)6-3/h1,10-12H,5-9H2,2-3H3. The molecule has 0 spiro atoms. The molecule has 13 heavy (non-hydrogen) atoms. The number of nitrogens with zero attached hydrogens (tertiary/aromatic N) is 1. The molecule has 1 aliphatic heterocycles. The lowest BCUT2D eigenvalue weighted by molar-refractivity contribution is 0.142. The molecule has 2 unspecified atom stereocenters. The Balaban J connectivity index is 2.48. The van der Waals surface area contributed by atoms with E-state index >= 15 is 0 Å². The third kappa shape index (κ3) is 2.72. The number of hydrogen-bond donors (Lipinski definition) is 1. The lowest BCUT2D eigenvalue weighted by Gasteiger charge is -2.38. The normalized spacial score (nSPS) is 29.9. The Labute approximate surface area is 81.7 Å². The number of piperazine rings is 1. The molecule has 1 saturated heterocycles. The van der Waals surface area contributed by atoms with Gasteiger partial charge in [-0.15, -0.1) is 6.42 Å². The van der Waals surface area contributed by atoms with Crippen LogP contribution in [0.2, 0.25) is 0 Å². The summed E-state index contributed by atoms with van der Waals surface area (Å²) in [5.41, 5.74) is 0. The second-order valence-corrected chi connectivity index (χ2v) is 3.71. The van der Waals surface area contributed by atoms with E-state index in [1.54, 1.807) is 0 Å². The van der Waals surface area contributed by atoms with Gasteiger partial charge < -0.3 is 5.32 Å². The van der Waals surface area contributed by atoms with Gasteiger partial charge in [0.25, 0.3) is 0 Å². The molecule has 1 N–H and O–H groups in total. The molecule has 2 atom stereocenters. The zero-order valence-corrected chi connectivity index (χ0v) is 8.71. The lowest BCUT2D eigenvalue weighted by Crippen LogP contribution is -2.56. The number of rotatable bonds is 3. The molecule has 0 amide bonds. The van der Waals surface area contributed by atoms with Crippen LogP contribution in [0.25, 0.3) is 0 Å². The summed E-state index contributed by atoms with van der Waals surface area (Å²) >= 11 is 0. The quantitative estimate of drug-likeness (QED) is 0.654. The summed E-state index contributed by atoms with van der Waals surface area (Å²) in [4.78, 5) is 2.42. The van der Waals surface area contributed by atoms with Crippen molar-refractivity contribution in [3.05, 3.63) is 0 Å². The van der Waals surface area contributed by atoms with Gasteiger partial charge in [0, 0.05) is 25.2 Å². The van der Waals surface area contributed by atoms with Crippen molar-refractivity contribution in [2.75, 3.05) is 19.6 Å². The molecule has 0 radical (unpaired) electrons. The van der Waals surface area contributed by atoms with Crippen molar-refractivity contribution in [3.63, 3.8) is 0 Å². The number of terminal acetylenes is 1. The van der Waals surface area contributed by atoms with E-state index in [0.29, 0.717) is 12.1 Å². The first-order valence-corrected chi connectivity index (χ1v) is 5.22. The molecule has 0 bridgehead atoms. The largest absolute Gasteiger partial charge is 0.311 e. The van der Waals surface area contributed by atoms with Crippen LogP contribution in [-0.2, 0) is 0 Å². The second kappa shape index (κ2) is 5.26. The highest BCUT2D eigenvalue weighted by Crippen LogP contribution is 2.10. The molecule has 74 valence electrons. The summed E-state index contributed by atoms with van der Waals surface area (Å²) in [6.07, 6.45) is 7.73. The summed E-state index contributed by atoms with van der Waals surface area (Å²) in [6, 6.07) is 1.27. The molecule has 1 rings (SSSR count). The van der Waals surface area contributed by atoms with Crippen LogP contribution in [-0.4, -0.2) is 36.6 Å². The Morgan fingerprint density at radius 3 is 2.77 bits per heavy atom. The summed E-state index contributed by atoms with van der Waals surface area (Å²) in [5.74, 6) is 2.74. The molecule has 1 heterocycles. The Kier molecular flexibility index (Phi) is 4.27. The van der Waals surface area contributed by atoms with Crippen LogP contribution in [0.4, 0.5) is 0 Å². The van der Waals surface area contributed by atoms with Crippen molar-refractivity contribution in [1.29, 1.82) is 0 Å². The van der Waals surface area contributed by atoms with Crippen molar-refractivity contribution in [3.8, 4) is 12.3 Å². The molecule has 0 saturated carbocycles. The lowest BCUT2D eigenvalue weighted by atomic mass is 10.1. The van der Waals surface area contributed by atoms with Gasteiger partial charge >= 0.3 is 0 Å². The third-order valence-corrected chi connectivity index (χ3v) is 2.87. The van der Waals surface area contributed by atoms with E-state index in [4.69, 9.17) is 6.42 Å². The molecule has 2 nitrogen and oxygen atoms in total. The summed E-state index contributed by atoms with van der Waals surface area (Å²) in [7, 11) is 0. The molecule has 2 heteroatoms. The second-order valence-electron chi connectivity index (χ2n) is 3.71. The Bertz CT molecular complexity index is 183. The fraction of sp³-hybridized carbons (Fsp3) is 0.818. The first-order valence-electron chi connectivity index (χ1n) is 5.22. The predicted octanol–water partition coefficient (Wildman–Crippen LogP) is 1.08. The van der Waals surface area contributed by atoms with Crippen LogP contribution in [0.15, 0.2) is 0 Å². The molecular weight excluding hydrogens is 160 g/mol. The summed E-state index contributed by atoms with van der Waals surface area (Å²) < 4.78 is 0. The maximum atomic E-state index is 5.35. The van der Waals surface area contributed by atoms with Crippen LogP contribution in [0.1, 0.15) is 26.7 Å². The van der Waals surface area contributed by atoms with E-state index in [1.165, 1.54) is 12.8 Å². The molecule has 0 aromatic heterocycles. The zero-order chi connectivity index (χ0) is 9.68. The van der Waals surface area contributed by atoms with E-state index in [0.717, 1.165) is 19.6 Å². The third-order valence-electron chi connectivity index (χ3n) is 2.87. The van der Waals surface area contributed by atoms with Gasteiger partial charge in [-0.2, -0.15) is 0 Å². The molecule has 0 aliphatic carbocycles. The number of hydrogen-bond acceptors (Lipinski definition) is 2. The maximum absolute atomic E-state index is 5.35. The smallest absolute Gasteiger partial charge is 0.0602 e. The van der Waals surface area contributed by atoms with Crippen molar-refractivity contribution in [2.45, 2.75) is 38.8 Å². The van der Waals surface area contributed by atoms with E-state index in [-0.39, 0.29) is 0 Å². The van der Waals surface area contributed by atoms with Crippen LogP contribution < -0.4 is 5.32 Å². The monoisotopic (exact) mass is 180 g/mol. The average Bonchev–Trinajstić information content (AvgIpc) is 2.18. The Morgan fingerprint density at radius 1 is 1.46 bits per heavy atom. The molecule has 0 aromatic rings. The Hall–Kier alpha value is -0.520. The van der Waals surface area contributed by atoms with Crippen LogP contribution in [0, 0.1) is 12.3 Å². The van der Waals surface area contributed by atoms with E-state index in [1.807, 2.05) is 0 Å². The first-order chi connectivity index (χ1) is 6.31. The predicted molar refractivity (Wildman–Crippen MR) is 56.6 cm³/mol. The summed E-state index contributed by atoms with van der Waals surface area (Å²) in [6.45, 7) is 7.45. The number of nitrogens with one attached hydrogen (secondary N) is 1. The highest BCUT2D eigenvalue weighted by Gasteiger charge is 2.24. The van der Waals surface area contributed by atoms with Gasteiger partial charge in [0.15, 0.2) is 0 Å². The molecule has 1 fully saturated rings. The van der Waals surface area contributed by atoms with Crippen molar-refractivity contribution >= 4 is 0 Å². The van der Waals surface area contributed by atoms with Gasteiger partial charge in [0.1, 0.15) is 0 Å². The van der Waals surface area contributed by atoms with E-state index < -0.39 is 0 Å². The zero-order valence-electron chi connectivity index (χ0n) is 8.71. The maximum Gasteiger partial charge on any atom is 0.0602 e. The van der Waals surface area contributed by atoms with Crippen molar-refractivity contribution < 1.29 is 0 Å². The van der Waals surface area contributed by atoms with Gasteiger partial charge in [-0.25, -0.2) is 0 Å². The minimum absolute atomic E-state index is 0.635. The first kappa shape index (κ1) is 10.6. The van der Waals surface area contributed by atoms with Gasteiger partial charge in [0.2, 0.25) is 0 Å². The average molecular weight is 180 g/mol. The fourth-order valence-electron chi connectivity index (χ4n) is 1.92. The van der Waals surface area contributed by atoms with Crippen LogP contribution in [0.3, 0.4) is 0 Å². The van der Waals surface area contributed by atoms with Gasteiger partial charge in [-0.05, 0) is 12.8 Å². The van der Waals surface area contributed by atoms with Crippen molar-refractivity contribution in [2.24, 2.45) is 0 Å². The molecule has 0 aromatic carbocycles. The van der Waals surface area contributed by atoms with Crippen LogP contribution >= 0.6 is 0 Å². The van der Waals surface area contributed by atoms with Gasteiger partial charge in [0.05, 0.1) is 6.54 Å². The van der Waals surface area contributed by atoms with Gasteiger partial charge in [-0.3, -0.25) is 4.90 Å². The summed E-state index contributed by atoms with van der Waals surface area (Å²) in [5, 5.41) is 3.55. The van der Waals surface area contributed by atoms with E-state index in [9.17, 15) is 0 Å². The molecule has 1 aliphatic rings. The fourth-order valence-corrected chi connectivity index (χ4v) is 1.92.